The molecular weight excluding hydrogens is 406 g/mol. The summed E-state index contributed by atoms with van der Waals surface area (Å²) in [6.07, 6.45) is 4.44. The Morgan fingerprint density at radius 2 is 2.03 bits per heavy atom. The summed E-state index contributed by atoms with van der Waals surface area (Å²) >= 11 is 1.13. The molecule has 10 heteroatoms. The maximum atomic E-state index is 12.9. The lowest BCUT2D eigenvalue weighted by molar-refractivity contribution is -0.113. The molecule has 0 aliphatic rings. The number of ether oxygens (including phenoxy) is 1. The predicted octanol–water partition coefficient (Wildman–Crippen LogP) is 2.57. The van der Waals surface area contributed by atoms with Gasteiger partial charge in [0.1, 0.15) is 11.5 Å². The van der Waals surface area contributed by atoms with Crippen molar-refractivity contribution in [3.05, 3.63) is 71.2 Å². The zero-order valence-electron chi connectivity index (χ0n) is 15.9. The molecule has 0 saturated heterocycles. The molecule has 1 amide bonds. The van der Waals surface area contributed by atoms with Crippen molar-refractivity contribution in [2.75, 3.05) is 18.2 Å². The number of para-hydroxylation sites is 2. The van der Waals surface area contributed by atoms with Crippen LogP contribution in [0.3, 0.4) is 0 Å². The van der Waals surface area contributed by atoms with Gasteiger partial charge in [0, 0.05) is 12.4 Å². The Labute approximate surface area is 175 Å². The highest BCUT2D eigenvalue weighted by Crippen LogP contribution is 2.24. The minimum absolute atomic E-state index is 0.0361. The minimum Gasteiger partial charge on any atom is -0.495 e. The molecule has 0 spiro atoms. The van der Waals surface area contributed by atoms with E-state index in [9.17, 15) is 9.59 Å². The number of nitrogens with one attached hydrogen (secondary N) is 1. The highest BCUT2D eigenvalue weighted by Gasteiger charge is 2.16. The zero-order valence-corrected chi connectivity index (χ0v) is 16.8. The van der Waals surface area contributed by atoms with Gasteiger partial charge < -0.3 is 14.5 Å². The summed E-state index contributed by atoms with van der Waals surface area (Å²) < 4.78 is 12.0. The smallest absolute Gasteiger partial charge is 0.282 e. The number of thioether (sulfide) groups is 1. The molecule has 0 unspecified atom stereocenters. The molecule has 1 N–H and O–H groups in total. The van der Waals surface area contributed by atoms with Crippen molar-refractivity contribution >= 4 is 34.5 Å². The molecule has 9 nitrogen and oxygen atoms in total. The predicted molar refractivity (Wildman–Crippen MR) is 112 cm³/mol. The van der Waals surface area contributed by atoms with Crippen molar-refractivity contribution in [1.82, 2.24) is 19.5 Å². The van der Waals surface area contributed by atoms with Gasteiger partial charge in [-0.2, -0.15) is 0 Å². The number of hydrogen-bond donors (Lipinski definition) is 1. The van der Waals surface area contributed by atoms with Crippen LogP contribution in [0.25, 0.3) is 11.2 Å². The van der Waals surface area contributed by atoms with E-state index in [1.54, 1.807) is 30.3 Å². The fourth-order valence-electron chi connectivity index (χ4n) is 2.80. The van der Waals surface area contributed by atoms with Crippen LogP contribution in [0.15, 0.2) is 69.4 Å². The number of amides is 1. The van der Waals surface area contributed by atoms with E-state index in [0.717, 1.165) is 11.8 Å². The SMILES string of the molecule is COc1ccccc1NC(=O)CSc1nc2nccnc2c(=O)n1Cc1ccco1. The summed E-state index contributed by atoms with van der Waals surface area (Å²) in [5, 5.41) is 3.15. The third-order valence-corrected chi connectivity index (χ3v) is 5.14. The maximum Gasteiger partial charge on any atom is 0.282 e. The number of hydrogen-bond acceptors (Lipinski definition) is 8. The Bertz CT molecular complexity index is 1240. The lowest BCUT2D eigenvalue weighted by Crippen LogP contribution is -2.25. The number of benzene rings is 1. The number of aromatic nitrogens is 4. The lowest BCUT2D eigenvalue weighted by Gasteiger charge is -2.12. The minimum atomic E-state index is -0.350. The molecule has 0 aliphatic carbocycles. The molecule has 4 aromatic rings. The van der Waals surface area contributed by atoms with Gasteiger partial charge in [-0.05, 0) is 24.3 Å². The normalized spacial score (nSPS) is 10.8. The number of fused-ring (bicyclic) bond motifs is 1. The first-order valence-electron chi connectivity index (χ1n) is 8.95. The van der Waals surface area contributed by atoms with Gasteiger partial charge in [-0.3, -0.25) is 14.2 Å². The largest absolute Gasteiger partial charge is 0.495 e. The topological polar surface area (TPSA) is 112 Å². The van der Waals surface area contributed by atoms with Crippen molar-refractivity contribution in [3.8, 4) is 5.75 Å². The van der Waals surface area contributed by atoms with Gasteiger partial charge in [0.05, 0.1) is 31.4 Å². The van der Waals surface area contributed by atoms with Crippen LogP contribution < -0.4 is 15.6 Å². The van der Waals surface area contributed by atoms with Crippen molar-refractivity contribution in [2.45, 2.75) is 11.7 Å². The van der Waals surface area contributed by atoms with Crippen LogP contribution in [-0.4, -0.2) is 38.3 Å². The number of nitrogens with zero attached hydrogens (tertiary/aromatic N) is 4. The third kappa shape index (κ3) is 4.18. The van der Waals surface area contributed by atoms with Crippen LogP contribution in [-0.2, 0) is 11.3 Å². The Kier molecular flexibility index (Phi) is 5.75. The van der Waals surface area contributed by atoms with Crippen LogP contribution in [0.1, 0.15) is 5.76 Å². The van der Waals surface area contributed by atoms with Crippen LogP contribution in [0.5, 0.6) is 5.75 Å². The molecule has 0 bridgehead atoms. The zero-order chi connectivity index (χ0) is 20.9. The highest BCUT2D eigenvalue weighted by molar-refractivity contribution is 7.99. The fraction of sp³-hybridized carbons (Fsp3) is 0.150. The third-order valence-electron chi connectivity index (χ3n) is 4.17. The summed E-state index contributed by atoms with van der Waals surface area (Å²) in [5.41, 5.74) is 0.603. The van der Waals surface area contributed by atoms with E-state index in [-0.39, 0.29) is 34.9 Å². The number of furan rings is 1. The van der Waals surface area contributed by atoms with E-state index >= 15 is 0 Å². The van der Waals surface area contributed by atoms with E-state index in [0.29, 0.717) is 22.4 Å². The molecule has 3 aromatic heterocycles. The van der Waals surface area contributed by atoms with Gasteiger partial charge in [-0.1, -0.05) is 23.9 Å². The molecule has 152 valence electrons. The summed E-state index contributed by atoms with van der Waals surface area (Å²) in [7, 11) is 1.53. The highest BCUT2D eigenvalue weighted by atomic mass is 32.2. The first-order valence-corrected chi connectivity index (χ1v) is 9.94. The summed E-state index contributed by atoms with van der Waals surface area (Å²) in [6.45, 7) is 0.168. The molecule has 1 aromatic carbocycles. The molecule has 4 rings (SSSR count). The molecule has 0 aliphatic heterocycles. The molecule has 30 heavy (non-hydrogen) atoms. The fourth-order valence-corrected chi connectivity index (χ4v) is 3.59. The van der Waals surface area contributed by atoms with Gasteiger partial charge in [-0.25, -0.2) is 15.0 Å². The molecule has 0 saturated carbocycles. The van der Waals surface area contributed by atoms with Gasteiger partial charge in [0.25, 0.3) is 5.56 Å². The van der Waals surface area contributed by atoms with Crippen molar-refractivity contribution < 1.29 is 13.9 Å². The number of anilines is 1. The van der Waals surface area contributed by atoms with E-state index in [2.05, 4.69) is 20.3 Å². The second-order valence-electron chi connectivity index (χ2n) is 6.13. The standard InChI is InChI=1S/C20H17N5O4S/c1-28-15-7-3-2-6-14(15)23-16(26)12-30-20-24-18-17(21-8-9-22-18)19(27)25(20)11-13-5-4-10-29-13/h2-10H,11-12H2,1H3,(H,23,26). The molecule has 0 radical (unpaired) electrons. The summed E-state index contributed by atoms with van der Waals surface area (Å²) in [5.74, 6) is 0.920. The summed E-state index contributed by atoms with van der Waals surface area (Å²) in [6, 6.07) is 10.6. The van der Waals surface area contributed by atoms with Crippen LogP contribution in [0.2, 0.25) is 0 Å². The van der Waals surface area contributed by atoms with Crippen LogP contribution in [0.4, 0.5) is 5.69 Å². The average Bonchev–Trinajstić information content (AvgIpc) is 3.28. The van der Waals surface area contributed by atoms with Crippen LogP contribution >= 0.6 is 11.8 Å². The van der Waals surface area contributed by atoms with E-state index in [1.807, 2.05) is 6.07 Å². The van der Waals surface area contributed by atoms with E-state index < -0.39 is 0 Å². The first kappa shape index (κ1) is 19.6. The Balaban J connectivity index is 1.59. The quantitative estimate of drug-likeness (QED) is 0.357. The number of carbonyl (C=O) groups is 1. The Morgan fingerprint density at radius 3 is 2.83 bits per heavy atom. The second kappa shape index (κ2) is 8.78. The first-order chi connectivity index (χ1) is 14.7. The molecule has 3 heterocycles. The monoisotopic (exact) mass is 423 g/mol. The van der Waals surface area contributed by atoms with Gasteiger partial charge >= 0.3 is 0 Å². The Hall–Kier alpha value is -3.66. The van der Waals surface area contributed by atoms with Gasteiger partial charge in [-0.15, -0.1) is 0 Å². The lowest BCUT2D eigenvalue weighted by atomic mass is 10.3. The second-order valence-corrected chi connectivity index (χ2v) is 7.07. The summed E-state index contributed by atoms with van der Waals surface area (Å²) in [4.78, 5) is 38.1. The number of rotatable bonds is 7. The maximum absolute atomic E-state index is 12.9. The molecule has 0 fully saturated rings. The van der Waals surface area contributed by atoms with Gasteiger partial charge in [0.15, 0.2) is 16.3 Å². The van der Waals surface area contributed by atoms with Crippen molar-refractivity contribution in [1.29, 1.82) is 0 Å². The number of methoxy groups -OCH3 is 1. The average molecular weight is 423 g/mol. The Morgan fingerprint density at radius 1 is 1.20 bits per heavy atom. The van der Waals surface area contributed by atoms with Crippen LogP contribution in [0, 0.1) is 0 Å². The van der Waals surface area contributed by atoms with E-state index in [1.165, 1.54) is 30.3 Å². The molecular formula is C20H17N5O4S. The van der Waals surface area contributed by atoms with Crippen molar-refractivity contribution in [3.63, 3.8) is 0 Å². The number of carbonyl (C=O) groups excluding carboxylic acids is 1. The van der Waals surface area contributed by atoms with Gasteiger partial charge in [0.2, 0.25) is 5.91 Å². The van der Waals surface area contributed by atoms with E-state index in [4.69, 9.17) is 9.15 Å². The van der Waals surface area contributed by atoms with Crippen molar-refractivity contribution in [2.24, 2.45) is 0 Å². The molecule has 0 atom stereocenters.